The highest BCUT2D eigenvalue weighted by Gasteiger charge is 2.28. The molecule has 0 saturated heterocycles. The zero-order valence-corrected chi connectivity index (χ0v) is 15.6. The minimum absolute atomic E-state index is 0.209. The molecule has 26 heavy (non-hydrogen) atoms. The van der Waals surface area contributed by atoms with Crippen LogP contribution in [0.25, 0.3) is 0 Å². The van der Waals surface area contributed by atoms with E-state index in [9.17, 15) is 4.79 Å². The first-order valence-corrected chi connectivity index (χ1v) is 9.15. The maximum Gasteiger partial charge on any atom is 0.255 e. The number of carbonyl (C=O) groups excluding carboxylic acids is 1. The molecule has 1 aliphatic carbocycles. The standard InChI is InChI=1S/C20H24ClN3O2/c1-26-19-12-18(22)17(21)11-16(19)20(25)23-9-10-24(15-7-8-15)13-14-5-3-2-4-6-14/h2-6,11-12,15H,7-10,13,22H2,1H3,(H,23,25). The molecule has 0 unspecified atom stereocenters. The van der Waals surface area contributed by atoms with Gasteiger partial charge >= 0.3 is 0 Å². The van der Waals surface area contributed by atoms with Gasteiger partial charge in [0, 0.05) is 31.7 Å². The molecule has 3 rings (SSSR count). The highest BCUT2D eigenvalue weighted by molar-refractivity contribution is 6.33. The largest absolute Gasteiger partial charge is 0.496 e. The van der Waals surface area contributed by atoms with Crippen molar-refractivity contribution in [2.24, 2.45) is 0 Å². The fraction of sp³-hybridized carbons (Fsp3) is 0.350. The lowest BCUT2D eigenvalue weighted by Crippen LogP contribution is -2.36. The first-order valence-electron chi connectivity index (χ1n) is 8.77. The number of amides is 1. The Morgan fingerprint density at radius 1 is 1.31 bits per heavy atom. The molecule has 2 aromatic carbocycles. The number of rotatable bonds is 8. The van der Waals surface area contributed by atoms with E-state index in [1.165, 1.54) is 25.5 Å². The molecule has 1 aliphatic rings. The lowest BCUT2D eigenvalue weighted by atomic mass is 10.1. The molecule has 0 spiro atoms. The Kier molecular flexibility index (Phi) is 6.01. The smallest absolute Gasteiger partial charge is 0.255 e. The van der Waals surface area contributed by atoms with Gasteiger partial charge in [-0.15, -0.1) is 0 Å². The van der Waals surface area contributed by atoms with Crippen LogP contribution in [0.15, 0.2) is 42.5 Å². The van der Waals surface area contributed by atoms with E-state index in [2.05, 4.69) is 34.5 Å². The third-order valence-electron chi connectivity index (χ3n) is 4.54. The van der Waals surface area contributed by atoms with Gasteiger partial charge in [-0.05, 0) is 24.5 Å². The van der Waals surface area contributed by atoms with E-state index < -0.39 is 0 Å². The van der Waals surface area contributed by atoms with Crippen molar-refractivity contribution in [3.63, 3.8) is 0 Å². The van der Waals surface area contributed by atoms with E-state index in [4.69, 9.17) is 22.1 Å². The summed E-state index contributed by atoms with van der Waals surface area (Å²) in [5, 5.41) is 3.31. The summed E-state index contributed by atoms with van der Waals surface area (Å²) >= 11 is 6.04. The zero-order chi connectivity index (χ0) is 18.5. The average molecular weight is 374 g/mol. The molecule has 0 radical (unpaired) electrons. The summed E-state index contributed by atoms with van der Waals surface area (Å²) in [6.07, 6.45) is 2.45. The van der Waals surface area contributed by atoms with E-state index in [0.29, 0.717) is 34.6 Å². The SMILES string of the molecule is COc1cc(N)c(Cl)cc1C(=O)NCCN(Cc1ccccc1)C1CC1. The second kappa shape index (κ2) is 8.43. The van der Waals surface area contributed by atoms with E-state index in [-0.39, 0.29) is 5.91 Å². The van der Waals surface area contributed by atoms with Crippen LogP contribution in [0, 0.1) is 0 Å². The van der Waals surface area contributed by atoms with Crippen LogP contribution >= 0.6 is 11.6 Å². The summed E-state index contributed by atoms with van der Waals surface area (Å²) in [6.45, 7) is 2.27. The lowest BCUT2D eigenvalue weighted by Gasteiger charge is -2.22. The van der Waals surface area contributed by atoms with Gasteiger partial charge in [0.25, 0.3) is 5.91 Å². The van der Waals surface area contributed by atoms with Gasteiger partial charge in [0.15, 0.2) is 0 Å². The molecule has 0 bridgehead atoms. The predicted octanol–water partition coefficient (Wildman–Crippen LogP) is 3.33. The molecular formula is C20H24ClN3O2. The highest BCUT2D eigenvalue weighted by Crippen LogP contribution is 2.29. The van der Waals surface area contributed by atoms with Crippen LogP contribution in [0.1, 0.15) is 28.8 Å². The van der Waals surface area contributed by atoms with Crippen molar-refractivity contribution in [3.8, 4) is 5.75 Å². The maximum atomic E-state index is 12.5. The van der Waals surface area contributed by atoms with Crippen molar-refractivity contribution in [2.75, 3.05) is 25.9 Å². The van der Waals surface area contributed by atoms with Gasteiger partial charge < -0.3 is 15.8 Å². The van der Waals surface area contributed by atoms with E-state index in [1.54, 1.807) is 12.1 Å². The molecule has 6 heteroatoms. The van der Waals surface area contributed by atoms with Crippen LogP contribution in [-0.4, -0.2) is 37.0 Å². The van der Waals surface area contributed by atoms with Gasteiger partial charge in [0.05, 0.1) is 23.4 Å². The minimum atomic E-state index is -0.209. The van der Waals surface area contributed by atoms with Crippen molar-refractivity contribution >= 4 is 23.2 Å². The second-order valence-electron chi connectivity index (χ2n) is 6.52. The number of nitrogen functional groups attached to an aromatic ring is 1. The molecule has 0 aliphatic heterocycles. The zero-order valence-electron chi connectivity index (χ0n) is 14.9. The Morgan fingerprint density at radius 2 is 2.04 bits per heavy atom. The highest BCUT2D eigenvalue weighted by atomic mass is 35.5. The molecule has 1 amide bonds. The third kappa shape index (κ3) is 4.68. The summed E-state index contributed by atoms with van der Waals surface area (Å²) in [6, 6.07) is 14.1. The number of nitrogens with zero attached hydrogens (tertiary/aromatic N) is 1. The number of nitrogens with two attached hydrogens (primary N) is 1. The fourth-order valence-corrected chi connectivity index (χ4v) is 3.14. The van der Waals surface area contributed by atoms with Crippen molar-refractivity contribution in [1.29, 1.82) is 0 Å². The lowest BCUT2D eigenvalue weighted by molar-refractivity contribution is 0.0944. The number of hydrogen-bond acceptors (Lipinski definition) is 4. The van der Waals surface area contributed by atoms with Crippen LogP contribution in [0.2, 0.25) is 5.02 Å². The number of hydrogen-bond donors (Lipinski definition) is 2. The Balaban J connectivity index is 1.58. The number of halogens is 1. The Hall–Kier alpha value is -2.24. The fourth-order valence-electron chi connectivity index (χ4n) is 2.97. The summed E-state index contributed by atoms with van der Waals surface area (Å²) in [7, 11) is 1.51. The Morgan fingerprint density at radius 3 is 2.69 bits per heavy atom. The summed E-state index contributed by atoms with van der Waals surface area (Å²) in [5.41, 5.74) is 7.85. The number of benzene rings is 2. The number of anilines is 1. The molecule has 5 nitrogen and oxygen atoms in total. The Labute approximate surface area is 159 Å². The molecule has 2 aromatic rings. The van der Waals surface area contributed by atoms with E-state index in [1.807, 2.05) is 6.07 Å². The van der Waals surface area contributed by atoms with Crippen LogP contribution < -0.4 is 15.8 Å². The van der Waals surface area contributed by atoms with E-state index >= 15 is 0 Å². The van der Waals surface area contributed by atoms with Crippen molar-refractivity contribution in [1.82, 2.24) is 10.2 Å². The first kappa shape index (κ1) is 18.5. The van der Waals surface area contributed by atoms with Crippen molar-refractivity contribution in [3.05, 3.63) is 58.6 Å². The van der Waals surface area contributed by atoms with Crippen LogP contribution in [0.3, 0.4) is 0 Å². The van der Waals surface area contributed by atoms with Gasteiger partial charge in [-0.25, -0.2) is 0 Å². The number of carbonyl (C=O) groups is 1. The maximum absolute atomic E-state index is 12.5. The molecule has 138 valence electrons. The second-order valence-corrected chi connectivity index (χ2v) is 6.92. The summed E-state index contributed by atoms with van der Waals surface area (Å²) in [5.74, 6) is 0.215. The predicted molar refractivity (Wildman–Crippen MR) is 105 cm³/mol. The monoisotopic (exact) mass is 373 g/mol. The molecule has 3 N–H and O–H groups in total. The summed E-state index contributed by atoms with van der Waals surface area (Å²) < 4.78 is 5.25. The first-order chi connectivity index (χ1) is 12.6. The summed E-state index contributed by atoms with van der Waals surface area (Å²) in [4.78, 5) is 14.9. The number of ether oxygens (including phenoxy) is 1. The Bertz CT molecular complexity index is 763. The molecule has 1 fully saturated rings. The quantitative estimate of drug-likeness (QED) is 0.696. The van der Waals surface area contributed by atoms with Gasteiger partial charge in [-0.3, -0.25) is 9.69 Å². The third-order valence-corrected chi connectivity index (χ3v) is 4.87. The molecule has 0 heterocycles. The molecule has 0 atom stereocenters. The van der Waals surface area contributed by atoms with E-state index in [0.717, 1.165) is 13.1 Å². The molecule has 0 aromatic heterocycles. The van der Waals surface area contributed by atoms with Crippen LogP contribution in [0.4, 0.5) is 5.69 Å². The van der Waals surface area contributed by atoms with Gasteiger partial charge in [0.2, 0.25) is 0 Å². The number of methoxy groups -OCH3 is 1. The van der Waals surface area contributed by atoms with Crippen molar-refractivity contribution in [2.45, 2.75) is 25.4 Å². The number of nitrogens with one attached hydrogen (secondary N) is 1. The van der Waals surface area contributed by atoms with Crippen LogP contribution in [-0.2, 0) is 6.54 Å². The molecular weight excluding hydrogens is 350 g/mol. The topological polar surface area (TPSA) is 67.6 Å². The average Bonchev–Trinajstić information content (AvgIpc) is 3.48. The van der Waals surface area contributed by atoms with Crippen LogP contribution in [0.5, 0.6) is 5.75 Å². The normalized spacial score (nSPS) is 13.7. The van der Waals surface area contributed by atoms with Gasteiger partial charge in [-0.1, -0.05) is 41.9 Å². The molecule has 1 saturated carbocycles. The van der Waals surface area contributed by atoms with Gasteiger partial charge in [-0.2, -0.15) is 0 Å². The minimum Gasteiger partial charge on any atom is -0.496 e. The van der Waals surface area contributed by atoms with Gasteiger partial charge in [0.1, 0.15) is 5.75 Å². The van der Waals surface area contributed by atoms with Crippen molar-refractivity contribution < 1.29 is 9.53 Å².